The van der Waals surface area contributed by atoms with Crippen molar-refractivity contribution >= 4 is 34.2 Å². The zero-order chi connectivity index (χ0) is 20.3. The quantitative estimate of drug-likeness (QED) is 0.811. The number of nitrogens with one attached hydrogen (secondary N) is 1. The van der Waals surface area contributed by atoms with Crippen LogP contribution in [0.5, 0.6) is 0 Å². The highest BCUT2D eigenvalue weighted by molar-refractivity contribution is 7.84. The van der Waals surface area contributed by atoms with Crippen LogP contribution in [-0.2, 0) is 20.3 Å². The number of nitrogens with zero attached hydrogens (tertiary/aromatic N) is 2. The molecule has 2 fully saturated rings. The van der Waals surface area contributed by atoms with Crippen LogP contribution in [0.15, 0.2) is 12.1 Å². The van der Waals surface area contributed by atoms with Crippen LogP contribution in [0, 0.1) is 11.6 Å². The number of cyclic esters (lactones) is 1. The molecule has 3 rings (SSSR count). The summed E-state index contributed by atoms with van der Waals surface area (Å²) in [4.78, 5) is 25.8. The molecule has 0 aliphatic carbocycles. The Balaban J connectivity index is 1.75. The molecule has 0 radical (unpaired) electrons. The Hall–Kier alpha value is -2.23. The zero-order valence-corrected chi connectivity index (χ0v) is 16.4. The van der Waals surface area contributed by atoms with Gasteiger partial charge in [0.25, 0.3) is 0 Å². The van der Waals surface area contributed by atoms with E-state index in [9.17, 15) is 22.6 Å². The molecule has 1 aromatic rings. The number of benzene rings is 1. The molecule has 2 heterocycles. The number of ether oxygens (including phenoxy) is 1. The van der Waals surface area contributed by atoms with Gasteiger partial charge in [-0.1, -0.05) is 0 Å². The maximum atomic E-state index is 14.8. The van der Waals surface area contributed by atoms with Crippen LogP contribution in [0.1, 0.15) is 19.8 Å². The fraction of sp³-hybridized carbons (Fsp3) is 0.556. The third-order valence-corrected chi connectivity index (χ3v) is 6.17. The molecule has 1 atom stereocenters. The Labute approximate surface area is 164 Å². The number of carbonyl (C=O) groups excluding carboxylic acids is 2. The van der Waals surface area contributed by atoms with Crippen molar-refractivity contribution in [2.75, 3.05) is 47.5 Å². The summed E-state index contributed by atoms with van der Waals surface area (Å²) < 4.78 is 46.3. The summed E-state index contributed by atoms with van der Waals surface area (Å²) in [5.74, 6) is -0.724. The fourth-order valence-electron chi connectivity index (χ4n) is 3.38. The highest BCUT2D eigenvalue weighted by Gasteiger charge is 2.33. The molecule has 2 aliphatic rings. The van der Waals surface area contributed by atoms with E-state index in [-0.39, 0.29) is 30.4 Å². The van der Waals surface area contributed by atoms with Gasteiger partial charge in [-0.15, -0.1) is 0 Å². The fourth-order valence-corrected chi connectivity index (χ4v) is 4.48. The lowest BCUT2D eigenvalue weighted by atomic mass is 10.2. The molecule has 1 aromatic carbocycles. The van der Waals surface area contributed by atoms with E-state index in [4.69, 9.17) is 4.74 Å². The molecule has 7 nitrogen and oxygen atoms in total. The highest BCUT2D eigenvalue weighted by atomic mass is 32.2. The van der Waals surface area contributed by atoms with Gasteiger partial charge in [-0.25, -0.2) is 13.6 Å². The van der Waals surface area contributed by atoms with Gasteiger partial charge in [0, 0.05) is 54.5 Å². The highest BCUT2D eigenvalue weighted by Crippen LogP contribution is 2.31. The second-order valence-electron chi connectivity index (χ2n) is 6.85. The second kappa shape index (κ2) is 8.85. The number of anilines is 2. The SMILES string of the molecule is CC(=O)NC[C@H]1CN(c2cc(F)c(N3CCCS(=O)CCC3)c(F)c2)C(=O)O1. The number of carbonyl (C=O) groups is 2. The van der Waals surface area contributed by atoms with Crippen LogP contribution in [-0.4, -0.2) is 60.0 Å². The smallest absolute Gasteiger partial charge is 0.414 e. The predicted octanol–water partition coefficient (Wildman–Crippen LogP) is 1.77. The average molecular weight is 415 g/mol. The van der Waals surface area contributed by atoms with Gasteiger partial charge in [-0.3, -0.25) is 13.9 Å². The van der Waals surface area contributed by atoms with Gasteiger partial charge in [-0.2, -0.15) is 0 Å². The molecule has 2 saturated heterocycles. The van der Waals surface area contributed by atoms with E-state index in [1.165, 1.54) is 6.92 Å². The summed E-state index contributed by atoms with van der Waals surface area (Å²) in [5.41, 5.74) is -0.0546. The first kappa shape index (κ1) is 20.5. The number of halogens is 2. The van der Waals surface area contributed by atoms with Crippen molar-refractivity contribution in [1.82, 2.24) is 5.32 Å². The number of hydrogen-bond donors (Lipinski definition) is 1. The maximum absolute atomic E-state index is 14.8. The number of rotatable bonds is 4. The van der Waals surface area contributed by atoms with E-state index in [1.807, 2.05) is 0 Å². The number of hydrogen-bond acceptors (Lipinski definition) is 5. The van der Waals surface area contributed by atoms with Gasteiger partial charge < -0.3 is 15.0 Å². The van der Waals surface area contributed by atoms with Crippen molar-refractivity contribution in [3.05, 3.63) is 23.8 Å². The predicted molar refractivity (Wildman–Crippen MR) is 102 cm³/mol. The lowest BCUT2D eigenvalue weighted by molar-refractivity contribution is -0.119. The summed E-state index contributed by atoms with van der Waals surface area (Å²) in [5, 5.41) is 2.55. The lowest BCUT2D eigenvalue weighted by Gasteiger charge is -2.28. The molecule has 0 bridgehead atoms. The summed E-state index contributed by atoms with van der Waals surface area (Å²) in [7, 11) is -0.867. The largest absolute Gasteiger partial charge is 0.442 e. The van der Waals surface area contributed by atoms with Gasteiger partial charge in [0.2, 0.25) is 5.91 Å². The Morgan fingerprint density at radius 1 is 1.25 bits per heavy atom. The molecule has 0 aromatic heterocycles. The summed E-state index contributed by atoms with van der Waals surface area (Å²) in [6.07, 6.45) is -0.111. The van der Waals surface area contributed by atoms with Gasteiger partial charge in [0.15, 0.2) is 11.6 Å². The molecule has 2 amide bonds. The average Bonchev–Trinajstić information content (AvgIpc) is 2.97. The molecule has 10 heteroatoms. The van der Waals surface area contributed by atoms with Gasteiger partial charge in [-0.05, 0) is 12.8 Å². The maximum Gasteiger partial charge on any atom is 0.414 e. The zero-order valence-electron chi connectivity index (χ0n) is 15.6. The van der Waals surface area contributed by atoms with Gasteiger partial charge >= 0.3 is 6.09 Å². The van der Waals surface area contributed by atoms with E-state index in [1.54, 1.807) is 4.90 Å². The first-order valence-corrected chi connectivity index (χ1v) is 10.7. The standard InChI is InChI=1S/C18H23F2N3O4S/c1-12(24)21-10-14-11-23(18(25)27-14)13-8-15(19)17(16(20)9-13)22-4-2-6-28(26)7-3-5-22/h8-9,14H,2-7,10-11H2,1H3,(H,21,24)/t14-/m0/s1. The molecule has 0 saturated carbocycles. The minimum absolute atomic E-state index is 0.0715. The van der Waals surface area contributed by atoms with Crippen molar-refractivity contribution in [3.8, 4) is 0 Å². The van der Waals surface area contributed by atoms with Crippen LogP contribution >= 0.6 is 0 Å². The first-order valence-electron chi connectivity index (χ1n) is 9.16. The van der Waals surface area contributed by atoms with Gasteiger partial charge in [0.1, 0.15) is 11.8 Å². The van der Waals surface area contributed by atoms with Crippen molar-refractivity contribution in [2.24, 2.45) is 0 Å². The summed E-state index contributed by atoms with van der Waals surface area (Å²) in [6.45, 7) is 2.41. The first-order chi connectivity index (χ1) is 13.3. The Bertz CT molecular complexity index is 757. The topological polar surface area (TPSA) is 79.0 Å². The van der Waals surface area contributed by atoms with E-state index in [0.717, 1.165) is 17.0 Å². The van der Waals surface area contributed by atoms with Crippen LogP contribution in [0.2, 0.25) is 0 Å². The minimum atomic E-state index is -0.867. The molecule has 0 unspecified atom stereocenters. The third kappa shape index (κ3) is 4.78. The van der Waals surface area contributed by atoms with Crippen molar-refractivity contribution in [1.29, 1.82) is 0 Å². The lowest BCUT2D eigenvalue weighted by Crippen LogP contribution is -2.33. The molecule has 0 spiro atoms. The van der Waals surface area contributed by atoms with Gasteiger partial charge in [0.05, 0.1) is 18.8 Å². The Kier molecular flexibility index (Phi) is 6.48. The Morgan fingerprint density at radius 2 is 1.86 bits per heavy atom. The van der Waals surface area contributed by atoms with Crippen molar-refractivity contribution < 1.29 is 27.3 Å². The Morgan fingerprint density at radius 3 is 2.43 bits per heavy atom. The monoisotopic (exact) mass is 415 g/mol. The van der Waals surface area contributed by atoms with Crippen LogP contribution in [0.3, 0.4) is 0 Å². The number of amides is 2. The van der Waals surface area contributed by atoms with E-state index in [2.05, 4.69) is 5.32 Å². The van der Waals surface area contributed by atoms with Crippen LogP contribution in [0.25, 0.3) is 0 Å². The van der Waals surface area contributed by atoms with Crippen LogP contribution < -0.4 is 15.1 Å². The molecular formula is C18H23F2N3O4S. The third-order valence-electron chi connectivity index (χ3n) is 4.68. The molecule has 154 valence electrons. The second-order valence-corrected chi connectivity index (χ2v) is 8.55. The molecule has 1 N–H and O–H groups in total. The normalized spacial score (nSPS) is 21.2. The van der Waals surface area contributed by atoms with Crippen molar-refractivity contribution in [2.45, 2.75) is 25.9 Å². The summed E-state index contributed by atoms with van der Waals surface area (Å²) in [6, 6.07) is 2.24. The van der Waals surface area contributed by atoms with E-state index >= 15 is 0 Å². The van der Waals surface area contributed by atoms with Crippen LogP contribution in [0.4, 0.5) is 25.0 Å². The van der Waals surface area contributed by atoms with E-state index in [0.29, 0.717) is 37.4 Å². The molecule has 28 heavy (non-hydrogen) atoms. The minimum Gasteiger partial charge on any atom is -0.442 e. The van der Waals surface area contributed by atoms with E-state index < -0.39 is 34.6 Å². The summed E-state index contributed by atoms with van der Waals surface area (Å²) >= 11 is 0. The molecular weight excluding hydrogens is 392 g/mol. The molecule has 2 aliphatic heterocycles. The van der Waals surface area contributed by atoms with Crippen molar-refractivity contribution in [3.63, 3.8) is 0 Å².